The van der Waals surface area contributed by atoms with Gasteiger partial charge in [-0.15, -0.1) is 0 Å². The van der Waals surface area contributed by atoms with Crippen molar-refractivity contribution in [1.82, 2.24) is 10.2 Å². The number of nitrogens with one attached hydrogen (secondary N) is 1. The fourth-order valence-electron chi connectivity index (χ4n) is 3.20. The molecule has 1 atom stereocenters. The number of sulfonamides is 1. The van der Waals surface area contributed by atoms with Crippen LogP contribution in [0.5, 0.6) is 0 Å². The minimum absolute atomic E-state index is 0.161. The molecule has 0 spiro atoms. The van der Waals surface area contributed by atoms with E-state index in [0.29, 0.717) is 16.7 Å². The van der Waals surface area contributed by atoms with Crippen LogP contribution < -0.4 is 9.62 Å². The van der Waals surface area contributed by atoms with Crippen molar-refractivity contribution < 1.29 is 18.0 Å². The van der Waals surface area contributed by atoms with Gasteiger partial charge in [0.25, 0.3) is 0 Å². The summed E-state index contributed by atoms with van der Waals surface area (Å²) in [5.74, 6) is -0.757. The highest BCUT2D eigenvalue weighted by Gasteiger charge is 2.30. The number of amides is 2. The standard InChI is InChI=1S/C23H29Br2N3O4S/c1-4-5-13-26-23(30)17(2)27(15-18-9-8-10-19(24)14-18)22(29)16-28(33(3,31)32)21-12-7-6-11-20(21)25/h6-12,14,17H,4-5,13,15-16H2,1-3H3,(H,26,30). The third kappa shape index (κ3) is 8.12. The van der Waals surface area contributed by atoms with Gasteiger partial charge in [-0.1, -0.05) is 53.5 Å². The topological polar surface area (TPSA) is 86.8 Å². The van der Waals surface area contributed by atoms with E-state index < -0.39 is 28.5 Å². The number of para-hydroxylation sites is 1. The molecule has 0 aliphatic heterocycles. The molecule has 33 heavy (non-hydrogen) atoms. The molecule has 0 aliphatic rings. The van der Waals surface area contributed by atoms with Gasteiger partial charge in [0.1, 0.15) is 12.6 Å². The highest BCUT2D eigenvalue weighted by atomic mass is 79.9. The summed E-state index contributed by atoms with van der Waals surface area (Å²) < 4.78 is 27.6. The predicted octanol–water partition coefficient (Wildman–Crippen LogP) is 4.31. The number of hydrogen-bond donors (Lipinski definition) is 1. The second kappa shape index (κ2) is 12.5. The average molecular weight is 603 g/mol. The van der Waals surface area contributed by atoms with Crippen LogP contribution in [0.25, 0.3) is 0 Å². The van der Waals surface area contributed by atoms with Crippen molar-refractivity contribution >= 4 is 59.4 Å². The number of unbranched alkanes of at least 4 members (excludes halogenated alkanes) is 1. The maximum atomic E-state index is 13.5. The Morgan fingerprint density at radius 2 is 1.79 bits per heavy atom. The summed E-state index contributed by atoms with van der Waals surface area (Å²) in [6.07, 6.45) is 2.83. The van der Waals surface area contributed by atoms with E-state index in [-0.39, 0.29) is 12.5 Å². The summed E-state index contributed by atoms with van der Waals surface area (Å²) in [5, 5.41) is 2.86. The summed E-state index contributed by atoms with van der Waals surface area (Å²) in [5.41, 5.74) is 1.17. The van der Waals surface area contributed by atoms with E-state index in [2.05, 4.69) is 37.2 Å². The molecule has 0 fully saturated rings. The molecule has 7 nitrogen and oxygen atoms in total. The van der Waals surface area contributed by atoms with Crippen LogP contribution in [0, 0.1) is 0 Å². The summed E-state index contributed by atoms with van der Waals surface area (Å²) in [7, 11) is -3.76. The smallest absolute Gasteiger partial charge is 0.244 e. The van der Waals surface area contributed by atoms with E-state index in [1.165, 1.54) is 4.90 Å². The fraction of sp³-hybridized carbons (Fsp3) is 0.391. The molecule has 0 aliphatic carbocycles. The molecule has 0 heterocycles. The van der Waals surface area contributed by atoms with Crippen molar-refractivity contribution in [3.8, 4) is 0 Å². The monoisotopic (exact) mass is 601 g/mol. The van der Waals surface area contributed by atoms with E-state index in [1.54, 1.807) is 31.2 Å². The van der Waals surface area contributed by atoms with Crippen molar-refractivity contribution in [1.29, 1.82) is 0 Å². The lowest BCUT2D eigenvalue weighted by Gasteiger charge is -2.31. The normalized spacial score (nSPS) is 12.2. The largest absolute Gasteiger partial charge is 0.354 e. The van der Waals surface area contributed by atoms with Gasteiger partial charge in [0, 0.05) is 22.0 Å². The maximum Gasteiger partial charge on any atom is 0.244 e. The third-order valence-corrected chi connectivity index (χ3v) is 7.33. The lowest BCUT2D eigenvalue weighted by Crippen LogP contribution is -2.51. The first kappa shape index (κ1) is 27.3. The molecule has 1 unspecified atom stereocenters. The number of rotatable bonds is 11. The average Bonchev–Trinajstić information content (AvgIpc) is 2.75. The molecule has 0 saturated carbocycles. The summed E-state index contributed by atoms with van der Waals surface area (Å²) >= 11 is 6.79. The Labute approximate surface area is 212 Å². The van der Waals surface area contributed by atoms with Gasteiger partial charge in [-0.2, -0.15) is 0 Å². The zero-order valence-electron chi connectivity index (χ0n) is 18.9. The van der Waals surface area contributed by atoms with Crippen LogP contribution in [0.1, 0.15) is 32.3 Å². The fourth-order valence-corrected chi connectivity index (χ4v) is 5.12. The van der Waals surface area contributed by atoms with Gasteiger partial charge < -0.3 is 10.2 Å². The van der Waals surface area contributed by atoms with Crippen LogP contribution in [0.3, 0.4) is 0 Å². The van der Waals surface area contributed by atoms with E-state index >= 15 is 0 Å². The number of carbonyl (C=O) groups excluding carboxylic acids is 2. The second-order valence-corrected chi connectivity index (χ2v) is 11.4. The summed E-state index contributed by atoms with van der Waals surface area (Å²) in [6.45, 7) is 3.93. The zero-order valence-corrected chi connectivity index (χ0v) is 22.9. The molecule has 2 aromatic rings. The minimum atomic E-state index is -3.76. The molecule has 0 radical (unpaired) electrons. The Morgan fingerprint density at radius 1 is 1.09 bits per heavy atom. The Balaban J connectivity index is 2.36. The first-order chi connectivity index (χ1) is 15.5. The van der Waals surface area contributed by atoms with Gasteiger partial charge in [0.15, 0.2) is 0 Å². The van der Waals surface area contributed by atoms with Crippen molar-refractivity contribution in [2.75, 3.05) is 23.7 Å². The van der Waals surface area contributed by atoms with Gasteiger partial charge in [0.2, 0.25) is 21.8 Å². The lowest BCUT2D eigenvalue weighted by atomic mass is 10.1. The Bertz CT molecular complexity index is 1080. The van der Waals surface area contributed by atoms with Gasteiger partial charge in [-0.25, -0.2) is 8.42 Å². The number of halogens is 2. The van der Waals surface area contributed by atoms with Crippen LogP contribution in [-0.4, -0.2) is 50.5 Å². The molecule has 180 valence electrons. The van der Waals surface area contributed by atoms with Crippen LogP contribution in [0.2, 0.25) is 0 Å². The third-order valence-electron chi connectivity index (χ3n) is 5.04. The van der Waals surface area contributed by atoms with E-state index in [9.17, 15) is 18.0 Å². The number of nitrogens with zero attached hydrogens (tertiary/aromatic N) is 2. The van der Waals surface area contributed by atoms with E-state index in [1.807, 2.05) is 31.2 Å². The number of benzene rings is 2. The molecule has 10 heteroatoms. The number of carbonyl (C=O) groups is 2. The van der Waals surface area contributed by atoms with Crippen LogP contribution in [0.15, 0.2) is 57.5 Å². The minimum Gasteiger partial charge on any atom is -0.354 e. The molecule has 1 N–H and O–H groups in total. The van der Waals surface area contributed by atoms with Crippen molar-refractivity contribution in [3.63, 3.8) is 0 Å². The Morgan fingerprint density at radius 3 is 2.39 bits per heavy atom. The molecule has 0 aromatic heterocycles. The molecule has 2 amide bonds. The summed E-state index contributed by atoms with van der Waals surface area (Å²) in [6, 6.07) is 13.4. The molecular weight excluding hydrogens is 574 g/mol. The molecule has 0 saturated heterocycles. The lowest BCUT2D eigenvalue weighted by molar-refractivity contribution is -0.139. The SMILES string of the molecule is CCCCNC(=O)C(C)N(Cc1cccc(Br)c1)C(=O)CN(c1ccccc1Br)S(C)(=O)=O. The van der Waals surface area contributed by atoms with Crippen molar-refractivity contribution in [2.24, 2.45) is 0 Å². The molecule has 2 aromatic carbocycles. The van der Waals surface area contributed by atoms with Gasteiger partial charge in [-0.05, 0) is 59.1 Å². The quantitative estimate of drug-likeness (QED) is 0.388. The van der Waals surface area contributed by atoms with Crippen molar-refractivity contribution in [2.45, 2.75) is 39.3 Å². The Hall–Kier alpha value is -1.91. The molecular formula is C23H29Br2N3O4S. The van der Waals surface area contributed by atoms with Crippen LogP contribution in [-0.2, 0) is 26.2 Å². The number of anilines is 1. The summed E-state index contributed by atoms with van der Waals surface area (Å²) in [4.78, 5) is 27.7. The zero-order chi connectivity index (χ0) is 24.6. The van der Waals surface area contributed by atoms with E-state index in [4.69, 9.17) is 0 Å². The first-order valence-electron chi connectivity index (χ1n) is 10.6. The Kier molecular flexibility index (Phi) is 10.4. The highest BCUT2D eigenvalue weighted by molar-refractivity contribution is 9.10. The van der Waals surface area contributed by atoms with Crippen molar-refractivity contribution in [3.05, 3.63) is 63.0 Å². The maximum absolute atomic E-state index is 13.5. The van der Waals surface area contributed by atoms with Crippen LogP contribution in [0.4, 0.5) is 5.69 Å². The first-order valence-corrected chi connectivity index (χ1v) is 14.0. The molecule has 0 bridgehead atoms. The van der Waals surface area contributed by atoms with Crippen LogP contribution >= 0.6 is 31.9 Å². The number of hydrogen-bond acceptors (Lipinski definition) is 4. The predicted molar refractivity (Wildman–Crippen MR) is 138 cm³/mol. The van der Waals surface area contributed by atoms with E-state index in [0.717, 1.165) is 33.4 Å². The molecule has 2 rings (SSSR count). The second-order valence-electron chi connectivity index (χ2n) is 7.69. The van der Waals surface area contributed by atoms with Gasteiger partial charge in [0.05, 0.1) is 11.9 Å². The van der Waals surface area contributed by atoms with Gasteiger partial charge in [-0.3, -0.25) is 13.9 Å². The van der Waals surface area contributed by atoms with Gasteiger partial charge >= 0.3 is 0 Å². The highest BCUT2D eigenvalue weighted by Crippen LogP contribution is 2.28.